The van der Waals surface area contributed by atoms with E-state index in [-0.39, 0.29) is 12.2 Å². The minimum Gasteiger partial charge on any atom is -0.395 e. The fourth-order valence-electron chi connectivity index (χ4n) is 4.32. The van der Waals surface area contributed by atoms with Gasteiger partial charge in [-0.25, -0.2) is 14.3 Å². The highest BCUT2D eigenvalue weighted by molar-refractivity contribution is 5.77. The number of nitrogens with one attached hydrogen (secondary N) is 2. The quantitative estimate of drug-likeness (QED) is 0.356. The van der Waals surface area contributed by atoms with E-state index in [0.717, 1.165) is 30.9 Å². The number of nitrogens with zero attached hydrogens (tertiary/aromatic N) is 5. The maximum atomic E-state index is 13.2. The Hall–Kier alpha value is -3.82. The molecule has 1 aliphatic heterocycles. The summed E-state index contributed by atoms with van der Waals surface area (Å²) < 4.78 is 3.34. The van der Waals surface area contributed by atoms with Gasteiger partial charge in [0.15, 0.2) is 5.65 Å². The van der Waals surface area contributed by atoms with Gasteiger partial charge in [0.2, 0.25) is 5.95 Å². The Kier molecular flexibility index (Phi) is 5.96. The Labute approximate surface area is 203 Å². The van der Waals surface area contributed by atoms with Crippen molar-refractivity contribution in [1.82, 2.24) is 29.6 Å². The Morgan fingerprint density at radius 3 is 2.89 bits per heavy atom. The minimum atomic E-state index is -0.536. The second-order valence-corrected chi connectivity index (χ2v) is 9.40. The summed E-state index contributed by atoms with van der Waals surface area (Å²) in [4.78, 5) is 26.8. The molecule has 0 amide bonds. The lowest BCUT2D eigenvalue weighted by atomic mass is 9.90. The molecule has 0 unspecified atom stereocenters. The van der Waals surface area contributed by atoms with Gasteiger partial charge in [0, 0.05) is 30.0 Å². The third-order valence-electron chi connectivity index (χ3n) is 6.40. The van der Waals surface area contributed by atoms with Gasteiger partial charge in [-0.3, -0.25) is 9.78 Å². The van der Waals surface area contributed by atoms with E-state index >= 15 is 0 Å². The van der Waals surface area contributed by atoms with E-state index in [1.54, 1.807) is 27.8 Å². The van der Waals surface area contributed by atoms with E-state index in [4.69, 9.17) is 4.98 Å². The molecule has 0 atom stereocenters. The molecule has 9 heteroatoms. The van der Waals surface area contributed by atoms with Crippen LogP contribution in [0.25, 0.3) is 16.7 Å². The second kappa shape index (κ2) is 9.09. The first-order chi connectivity index (χ1) is 16.9. The standard InChI is InChI=1S/C26H29N7O2/c1-4-11-32-24(35)21-15-29-25(30-19-6-5-18-14-27-9-7-17(18)12-19)31-23(21)33(32)20-8-10-28-22(13-20)26(2,3)16-34/h4-6,8,10,12-13,15,27,34H,1,7,9,11,14,16H2,2-3H3,(H,29,30,31). The molecular weight excluding hydrogens is 442 g/mol. The van der Waals surface area contributed by atoms with E-state index in [0.29, 0.717) is 29.2 Å². The van der Waals surface area contributed by atoms with Crippen LogP contribution in [-0.4, -0.2) is 42.6 Å². The van der Waals surface area contributed by atoms with Crippen LogP contribution >= 0.6 is 0 Å². The van der Waals surface area contributed by atoms with Crippen molar-refractivity contribution in [2.75, 3.05) is 18.5 Å². The van der Waals surface area contributed by atoms with Crippen LogP contribution in [0.1, 0.15) is 30.7 Å². The molecular formula is C26H29N7O2. The zero-order valence-corrected chi connectivity index (χ0v) is 20.0. The highest BCUT2D eigenvalue weighted by atomic mass is 16.3. The first-order valence-electron chi connectivity index (χ1n) is 11.7. The van der Waals surface area contributed by atoms with E-state index in [2.05, 4.69) is 39.3 Å². The molecule has 180 valence electrons. The number of anilines is 2. The van der Waals surface area contributed by atoms with Crippen molar-refractivity contribution in [1.29, 1.82) is 0 Å². The Balaban J connectivity index is 1.61. The van der Waals surface area contributed by atoms with Crippen LogP contribution in [0.2, 0.25) is 0 Å². The molecule has 1 aromatic carbocycles. The van der Waals surface area contributed by atoms with Gasteiger partial charge in [0.25, 0.3) is 5.56 Å². The van der Waals surface area contributed by atoms with Crippen LogP contribution in [0, 0.1) is 0 Å². The van der Waals surface area contributed by atoms with Gasteiger partial charge in [-0.05, 0) is 48.4 Å². The first-order valence-corrected chi connectivity index (χ1v) is 11.7. The lowest BCUT2D eigenvalue weighted by molar-refractivity contribution is 0.215. The van der Waals surface area contributed by atoms with Crippen molar-refractivity contribution in [2.45, 2.75) is 38.8 Å². The third kappa shape index (κ3) is 4.24. The zero-order valence-electron chi connectivity index (χ0n) is 20.0. The molecule has 5 rings (SSSR count). The van der Waals surface area contributed by atoms with Crippen LogP contribution in [0.5, 0.6) is 0 Å². The molecule has 9 nitrogen and oxygen atoms in total. The fourth-order valence-corrected chi connectivity index (χ4v) is 4.32. The van der Waals surface area contributed by atoms with Crippen molar-refractivity contribution in [3.8, 4) is 5.69 Å². The summed E-state index contributed by atoms with van der Waals surface area (Å²) in [7, 11) is 0. The molecule has 0 fully saturated rings. The average Bonchev–Trinajstić information content (AvgIpc) is 3.15. The summed E-state index contributed by atoms with van der Waals surface area (Å²) in [6.45, 7) is 9.74. The largest absolute Gasteiger partial charge is 0.395 e. The molecule has 0 radical (unpaired) electrons. The highest BCUT2D eigenvalue weighted by Crippen LogP contribution is 2.25. The monoisotopic (exact) mass is 471 g/mol. The number of allylic oxidation sites excluding steroid dienone is 1. The molecule has 3 aromatic heterocycles. The number of benzene rings is 1. The van der Waals surface area contributed by atoms with Crippen LogP contribution in [0.15, 0.2) is 60.2 Å². The van der Waals surface area contributed by atoms with Gasteiger partial charge >= 0.3 is 0 Å². The topological polar surface area (TPSA) is 110 Å². The number of fused-ring (bicyclic) bond motifs is 2. The number of hydrogen-bond donors (Lipinski definition) is 3. The Morgan fingerprint density at radius 1 is 1.23 bits per heavy atom. The lowest BCUT2D eigenvalue weighted by Crippen LogP contribution is -2.25. The maximum absolute atomic E-state index is 13.2. The Bertz CT molecular complexity index is 1470. The van der Waals surface area contributed by atoms with Crippen molar-refractivity contribution >= 4 is 22.7 Å². The number of hydrogen-bond acceptors (Lipinski definition) is 7. The summed E-state index contributed by atoms with van der Waals surface area (Å²) in [6, 6.07) is 9.96. The predicted octanol–water partition coefficient (Wildman–Crippen LogP) is 2.82. The maximum Gasteiger partial charge on any atom is 0.278 e. The minimum absolute atomic E-state index is 0.0532. The number of aromatic nitrogens is 5. The Morgan fingerprint density at radius 2 is 2.09 bits per heavy atom. The summed E-state index contributed by atoms with van der Waals surface area (Å²) in [5.41, 5.74) is 4.69. The molecule has 0 aliphatic carbocycles. The highest BCUT2D eigenvalue weighted by Gasteiger charge is 2.23. The molecule has 0 bridgehead atoms. The molecule has 4 heterocycles. The van der Waals surface area contributed by atoms with Gasteiger partial charge in [-0.2, -0.15) is 4.98 Å². The molecule has 1 aliphatic rings. The molecule has 35 heavy (non-hydrogen) atoms. The SMILES string of the molecule is C=CCn1c(=O)c2cnc(Nc3ccc4c(c3)CCNC4)nc2n1-c1ccnc(C(C)(C)CO)c1. The number of aliphatic hydroxyl groups is 1. The average molecular weight is 472 g/mol. The van der Waals surface area contributed by atoms with Gasteiger partial charge in [0.05, 0.1) is 24.5 Å². The van der Waals surface area contributed by atoms with E-state index in [1.807, 2.05) is 32.0 Å². The zero-order chi connectivity index (χ0) is 24.6. The smallest absolute Gasteiger partial charge is 0.278 e. The molecule has 0 saturated heterocycles. The lowest BCUT2D eigenvalue weighted by Gasteiger charge is -2.22. The first kappa shape index (κ1) is 22.9. The van der Waals surface area contributed by atoms with E-state index < -0.39 is 5.41 Å². The van der Waals surface area contributed by atoms with Crippen molar-refractivity contribution in [3.63, 3.8) is 0 Å². The number of rotatable bonds is 7. The summed E-state index contributed by atoms with van der Waals surface area (Å²) in [5.74, 6) is 0.404. The van der Waals surface area contributed by atoms with Crippen LogP contribution in [0.4, 0.5) is 11.6 Å². The normalized spacial score (nSPS) is 13.6. The summed E-state index contributed by atoms with van der Waals surface area (Å²) >= 11 is 0. The molecule has 3 N–H and O–H groups in total. The van der Waals surface area contributed by atoms with E-state index in [1.165, 1.54) is 11.1 Å². The van der Waals surface area contributed by atoms with Gasteiger partial charge in [-0.15, -0.1) is 6.58 Å². The molecule has 4 aromatic rings. The van der Waals surface area contributed by atoms with Gasteiger partial charge < -0.3 is 15.7 Å². The number of aliphatic hydroxyl groups excluding tert-OH is 1. The van der Waals surface area contributed by atoms with Gasteiger partial charge in [-0.1, -0.05) is 26.0 Å². The van der Waals surface area contributed by atoms with Crippen molar-refractivity contribution in [3.05, 3.63) is 82.6 Å². The van der Waals surface area contributed by atoms with Gasteiger partial charge in [0.1, 0.15) is 5.39 Å². The fraction of sp³-hybridized carbons (Fsp3) is 0.308. The van der Waals surface area contributed by atoms with E-state index in [9.17, 15) is 9.90 Å². The molecule has 0 spiro atoms. The van der Waals surface area contributed by atoms with Crippen LogP contribution in [0.3, 0.4) is 0 Å². The van der Waals surface area contributed by atoms with Crippen molar-refractivity contribution in [2.24, 2.45) is 0 Å². The van der Waals surface area contributed by atoms with Crippen molar-refractivity contribution < 1.29 is 5.11 Å². The second-order valence-electron chi connectivity index (χ2n) is 9.40. The number of pyridine rings is 1. The summed E-state index contributed by atoms with van der Waals surface area (Å²) in [6.07, 6.45) is 5.89. The molecule has 0 saturated carbocycles. The third-order valence-corrected chi connectivity index (χ3v) is 6.40. The summed E-state index contributed by atoms with van der Waals surface area (Å²) in [5, 5.41) is 16.9. The van der Waals surface area contributed by atoms with Crippen LogP contribution in [-0.2, 0) is 24.9 Å². The van der Waals surface area contributed by atoms with Crippen LogP contribution < -0.4 is 16.2 Å². The predicted molar refractivity (Wildman–Crippen MR) is 136 cm³/mol.